The summed E-state index contributed by atoms with van der Waals surface area (Å²) in [4.78, 5) is 4.72. The highest BCUT2D eigenvalue weighted by Gasteiger charge is 2.16. The Bertz CT molecular complexity index is 687. The van der Waals surface area contributed by atoms with E-state index in [1.165, 1.54) is 30.1 Å². The van der Waals surface area contributed by atoms with Gasteiger partial charge in [-0.2, -0.15) is 0 Å². The van der Waals surface area contributed by atoms with Gasteiger partial charge >= 0.3 is 0 Å². The molecule has 1 aromatic heterocycles. The Morgan fingerprint density at radius 1 is 1.26 bits per heavy atom. The van der Waals surface area contributed by atoms with Gasteiger partial charge in [-0.05, 0) is 24.5 Å². The van der Waals surface area contributed by atoms with Crippen molar-refractivity contribution in [1.82, 2.24) is 4.98 Å². The lowest BCUT2D eigenvalue weighted by molar-refractivity contribution is 0.601. The highest BCUT2D eigenvalue weighted by molar-refractivity contribution is 7.99. The molecular weight excluding hydrogens is 282 g/mol. The number of pyridine rings is 1. The van der Waals surface area contributed by atoms with E-state index in [1.54, 1.807) is 12.1 Å². The monoisotopic (exact) mass is 295 g/mol. The molecule has 0 saturated heterocycles. The minimum Gasteiger partial charge on any atom is -0.384 e. The summed E-state index contributed by atoms with van der Waals surface area (Å²) in [5, 5.41) is 0. The number of thioether (sulfide) groups is 1. The number of hydrogen-bond donors (Lipinski definition) is 2. The van der Waals surface area contributed by atoms with E-state index in [-0.39, 0.29) is 10.7 Å². The Hall–Kier alpha value is -1.73. The average Bonchev–Trinajstić information content (AvgIpc) is 2.39. The van der Waals surface area contributed by atoms with Crippen LogP contribution in [0, 0.1) is 0 Å². The molecule has 19 heavy (non-hydrogen) atoms. The van der Waals surface area contributed by atoms with Gasteiger partial charge in [0.2, 0.25) is 0 Å². The number of nitrogens with one attached hydrogen (secondary N) is 1. The molecule has 0 radical (unpaired) electrons. The zero-order chi connectivity index (χ0) is 13.9. The third-order valence-electron chi connectivity index (χ3n) is 2.41. The molecule has 3 N–H and O–H groups in total. The minimum atomic E-state index is -3.65. The average molecular weight is 295 g/mol. The number of anilines is 2. The van der Waals surface area contributed by atoms with E-state index in [2.05, 4.69) is 9.71 Å². The zero-order valence-corrected chi connectivity index (χ0v) is 11.8. The third kappa shape index (κ3) is 3.18. The fourth-order valence-corrected chi connectivity index (χ4v) is 3.25. The number of aromatic nitrogens is 1. The molecule has 0 aliphatic carbocycles. The molecule has 7 heteroatoms. The molecule has 0 atom stereocenters. The molecule has 0 saturated carbocycles. The molecule has 1 heterocycles. The van der Waals surface area contributed by atoms with Crippen LogP contribution >= 0.6 is 11.8 Å². The molecule has 0 unspecified atom stereocenters. The number of para-hydroxylation sites is 1. The van der Waals surface area contributed by atoms with Crippen LogP contribution in [0.5, 0.6) is 0 Å². The lowest BCUT2D eigenvalue weighted by atomic mass is 10.3. The summed E-state index contributed by atoms with van der Waals surface area (Å²) in [6.45, 7) is 0. The van der Waals surface area contributed by atoms with Gasteiger partial charge in [-0.1, -0.05) is 12.1 Å². The maximum atomic E-state index is 12.2. The van der Waals surface area contributed by atoms with Crippen LogP contribution in [0.3, 0.4) is 0 Å². The van der Waals surface area contributed by atoms with Crippen LogP contribution in [0.4, 0.5) is 11.5 Å². The van der Waals surface area contributed by atoms with Gasteiger partial charge in [0.1, 0.15) is 5.82 Å². The summed E-state index contributed by atoms with van der Waals surface area (Å²) < 4.78 is 27.0. The number of hydrogen-bond acceptors (Lipinski definition) is 5. The first kappa shape index (κ1) is 13.7. The first-order chi connectivity index (χ1) is 9.03. The minimum absolute atomic E-state index is 0.0934. The van der Waals surface area contributed by atoms with E-state index in [0.29, 0.717) is 5.69 Å². The van der Waals surface area contributed by atoms with Crippen molar-refractivity contribution in [1.29, 1.82) is 0 Å². The molecule has 0 amide bonds. The summed E-state index contributed by atoms with van der Waals surface area (Å²) >= 11 is 1.47. The Kier molecular flexibility index (Phi) is 3.96. The van der Waals surface area contributed by atoms with Crippen molar-refractivity contribution in [2.45, 2.75) is 9.79 Å². The van der Waals surface area contributed by atoms with E-state index >= 15 is 0 Å². The normalized spacial score (nSPS) is 11.2. The van der Waals surface area contributed by atoms with Crippen LogP contribution in [0.15, 0.2) is 52.4 Å². The lowest BCUT2D eigenvalue weighted by Crippen LogP contribution is -2.14. The Labute approximate surface area is 116 Å². The van der Waals surface area contributed by atoms with Crippen LogP contribution in [0.2, 0.25) is 0 Å². The molecule has 5 nitrogen and oxygen atoms in total. The summed E-state index contributed by atoms with van der Waals surface area (Å²) in [5.41, 5.74) is 6.04. The molecule has 1 aromatic carbocycles. The maximum absolute atomic E-state index is 12.2. The second-order valence-corrected chi connectivity index (χ2v) is 6.25. The van der Waals surface area contributed by atoms with E-state index in [4.69, 9.17) is 5.73 Å². The Balaban J connectivity index is 2.37. The Morgan fingerprint density at radius 2 is 2.00 bits per heavy atom. The van der Waals surface area contributed by atoms with Gasteiger partial charge in [-0.15, -0.1) is 11.8 Å². The van der Waals surface area contributed by atoms with Gasteiger partial charge in [0, 0.05) is 17.2 Å². The second-order valence-electron chi connectivity index (χ2n) is 3.72. The molecule has 2 rings (SSSR count). The van der Waals surface area contributed by atoms with Gasteiger partial charge in [0.25, 0.3) is 10.0 Å². The van der Waals surface area contributed by atoms with Crippen molar-refractivity contribution >= 4 is 33.3 Å². The fourth-order valence-electron chi connectivity index (χ4n) is 1.53. The molecule has 0 aliphatic rings. The SMILES string of the molecule is CSc1ccccc1NS(=O)(=O)c1ccnc(N)c1. The van der Waals surface area contributed by atoms with Gasteiger partial charge in [-0.25, -0.2) is 13.4 Å². The zero-order valence-electron chi connectivity index (χ0n) is 10.2. The Morgan fingerprint density at radius 3 is 2.68 bits per heavy atom. The van der Waals surface area contributed by atoms with Crippen LogP contribution in [-0.2, 0) is 10.0 Å². The van der Waals surface area contributed by atoms with E-state index in [9.17, 15) is 8.42 Å². The number of nitrogens with two attached hydrogens (primary N) is 1. The summed E-state index contributed by atoms with van der Waals surface area (Å²) in [5.74, 6) is 0.168. The van der Waals surface area contributed by atoms with Gasteiger partial charge in [0.05, 0.1) is 10.6 Å². The number of rotatable bonds is 4. The van der Waals surface area contributed by atoms with Crippen LogP contribution in [0.25, 0.3) is 0 Å². The van der Waals surface area contributed by atoms with E-state index < -0.39 is 10.0 Å². The quantitative estimate of drug-likeness (QED) is 0.845. The predicted molar refractivity (Wildman–Crippen MR) is 77.7 cm³/mol. The molecule has 100 valence electrons. The molecule has 0 bridgehead atoms. The largest absolute Gasteiger partial charge is 0.384 e. The first-order valence-electron chi connectivity index (χ1n) is 5.40. The van der Waals surface area contributed by atoms with Crippen molar-refractivity contribution in [3.63, 3.8) is 0 Å². The maximum Gasteiger partial charge on any atom is 0.262 e. The highest BCUT2D eigenvalue weighted by Crippen LogP contribution is 2.27. The summed E-state index contributed by atoms with van der Waals surface area (Å²) in [7, 11) is -3.65. The van der Waals surface area contributed by atoms with Crippen molar-refractivity contribution in [3.05, 3.63) is 42.6 Å². The smallest absolute Gasteiger partial charge is 0.262 e. The van der Waals surface area contributed by atoms with Crippen molar-refractivity contribution < 1.29 is 8.42 Å². The molecule has 0 aliphatic heterocycles. The van der Waals surface area contributed by atoms with Crippen LogP contribution in [-0.4, -0.2) is 19.7 Å². The van der Waals surface area contributed by atoms with Crippen LogP contribution < -0.4 is 10.5 Å². The number of benzene rings is 1. The van der Waals surface area contributed by atoms with Crippen molar-refractivity contribution in [2.75, 3.05) is 16.7 Å². The highest BCUT2D eigenvalue weighted by atomic mass is 32.2. The number of sulfonamides is 1. The molecule has 2 aromatic rings. The topological polar surface area (TPSA) is 85.1 Å². The van der Waals surface area contributed by atoms with Gasteiger partial charge < -0.3 is 5.73 Å². The number of nitrogens with zero attached hydrogens (tertiary/aromatic N) is 1. The molecule has 0 fully saturated rings. The third-order valence-corrected chi connectivity index (χ3v) is 4.57. The van der Waals surface area contributed by atoms with Gasteiger partial charge in [-0.3, -0.25) is 4.72 Å². The van der Waals surface area contributed by atoms with E-state index in [1.807, 2.05) is 18.4 Å². The van der Waals surface area contributed by atoms with Gasteiger partial charge in [0.15, 0.2) is 0 Å². The van der Waals surface area contributed by atoms with Crippen LogP contribution in [0.1, 0.15) is 0 Å². The van der Waals surface area contributed by atoms with Crippen molar-refractivity contribution in [3.8, 4) is 0 Å². The summed E-state index contributed by atoms with van der Waals surface area (Å²) in [6, 6.07) is 9.92. The standard InChI is InChI=1S/C12H13N3O2S2/c1-18-11-5-3-2-4-10(11)15-19(16,17)9-6-7-14-12(13)8-9/h2-8,15H,1H3,(H2,13,14). The first-order valence-corrected chi connectivity index (χ1v) is 8.11. The summed E-state index contributed by atoms with van der Waals surface area (Å²) in [6.07, 6.45) is 3.25. The number of nitrogen functional groups attached to an aromatic ring is 1. The second kappa shape index (κ2) is 5.50. The lowest BCUT2D eigenvalue weighted by Gasteiger charge is -2.11. The molecular formula is C12H13N3O2S2. The fraction of sp³-hybridized carbons (Fsp3) is 0.0833. The predicted octanol–water partition coefficient (Wildman–Crippen LogP) is 2.19. The molecule has 0 spiro atoms. The van der Waals surface area contributed by atoms with E-state index in [0.717, 1.165) is 4.90 Å². The van der Waals surface area contributed by atoms with Crippen molar-refractivity contribution in [2.24, 2.45) is 0 Å².